The third kappa shape index (κ3) is 5.50. The molecule has 0 fully saturated rings. The molecule has 6 heteroatoms. The molecule has 1 amide bonds. The Balaban J connectivity index is 2.13. The molecule has 0 saturated carbocycles. The molecular weight excluding hydrogens is 360 g/mol. The van der Waals surface area contributed by atoms with Gasteiger partial charge in [0.25, 0.3) is 5.91 Å². The molecule has 2 aromatic rings. The summed E-state index contributed by atoms with van der Waals surface area (Å²) in [6, 6.07) is 15.1. The van der Waals surface area contributed by atoms with Crippen molar-refractivity contribution in [3.8, 4) is 0 Å². The summed E-state index contributed by atoms with van der Waals surface area (Å²) in [6.07, 6.45) is 0. The van der Waals surface area contributed by atoms with Gasteiger partial charge in [0, 0.05) is 29.4 Å². The Hall–Kier alpha value is -2.47. The minimum atomic E-state index is -0.391. The summed E-state index contributed by atoms with van der Waals surface area (Å²) in [4.78, 5) is 27.4. The number of thioether (sulfide) groups is 1. The van der Waals surface area contributed by atoms with Crippen molar-refractivity contribution in [1.82, 2.24) is 0 Å². The Kier molecular flexibility index (Phi) is 7.73. The molecule has 144 valence electrons. The normalized spacial score (nSPS) is 11.6. The van der Waals surface area contributed by atoms with Crippen molar-refractivity contribution in [2.45, 2.75) is 30.9 Å². The number of nitrogens with zero attached hydrogens (tertiary/aromatic N) is 1. The molecule has 0 heterocycles. The minimum Gasteiger partial charge on any atom is -0.468 e. The van der Waals surface area contributed by atoms with Crippen LogP contribution in [0, 0.1) is 0 Å². The molecule has 2 aromatic carbocycles. The lowest BCUT2D eigenvalue weighted by atomic mass is 10.2. The predicted molar refractivity (Wildman–Crippen MR) is 112 cm³/mol. The topological polar surface area (TPSA) is 58.6 Å². The molecule has 1 atom stereocenters. The van der Waals surface area contributed by atoms with Crippen LogP contribution in [-0.2, 0) is 9.53 Å². The van der Waals surface area contributed by atoms with Crippen LogP contribution in [-0.4, -0.2) is 37.3 Å². The van der Waals surface area contributed by atoms with E-state index in [4.69, 9.17) is 4.74 Å². The van der Waals surface area contributed by atoms with Gasteiger partial charge in [-0.05, 0) is 57.2 Å². The van der Waals surface area contributed by atoms with Crippen molar-refractivity contribution in [2.24, 2.45) is 0 Å². The number of carbonyl (C=O) groups excluding carboxylic acids is 2. The molecule has 1 unspecified atom stereocenters. The zero-order chi connectivity index (χ0) is 19.8. The van der Waals surface area contributed by atoms with Gasteiger partial charge in [0.2, 0.25) is 0 Å². The van der Waals surface area contributed by atoms with Crippen LogP contribution in [0.2, 0.25) is 0 Å². The highest BCUT2D eigenvalue weighted by Gasteiger charge is 2.19. The molecule has 0 aliphatic heterocycles. The molecule has 1 N–H and O–H groups in total. The average Bonchev–Trinajstić information content (AvgIpc) is 2.69. The Morgan fingerprint density at radius 1 is 1.07 bits per heavy atom. The van der Waals surface area contributed by atoms with Gasteiger partial charge in [-0.25, -0.2) is 0 Å². The van der Waals surface area contributed by atoms with E-state index in [0.717, 1.165) is 29.4 Å². The Labute approximate surface area is 165 Å². The van der Waals surface area contributed by atoms with E-state index in [0.29, 0.717) is 5.56 Å². The van der Waals surface area contributed by atoms with E-state index >= 15 is 0 Å². The van der Waals surface area contributed by atoms with Gasteiger partial charge in [0.15, 0.2) is 0 Å². The summed E-state index contributed by atoms with van der Waals surface area (Å²) in [5.74, 6) is -0.520. The highest BCUT2D eigenvalue weighted by atomic mass is 32.2. The SMILES string of the molecule is CCN(CC)c1ccc(NC(=O)c2ccccc2SC(C)C(=O)OC)cc1. The molecule has 0 aromatic heterocycles. The highest BCUT2D eigenvalue weighted by Crippen LogP contribution is 2.28. The van der Waals surface area contributed by atoms with E-state index in [1.165, 1.54) is 18.9 Å². The van der Waals surface area contributed by atoms with Crippen LogP contribution in [0.15, 0.2) is 53.4 Å². The summed E-state index contributed by atoms with van der Waals surface area (Å²) in [7, 11) is 1.36. The number of nitrogens with one attached hydrogen (secondary N) is 1. The molecular formula is C21H26N2O3S. The smallest absolute Gasteiger partial charge is 0.318 e. The fraction of sp³-hybridized carbons (Fsp3) is 0.333. The Morgan fingerprint density at radius 3 is 2.30 bits per heavy atom. The summed E-state index contributed by atoms with van der Waals surface area (Å²) < 4.78 is 4.76. The van der Waals surface area contributed by atoms with Crippen LogP contribution < -0.4 is 10.2 Å². The fourth-order valence-corrected chi connectivity index (χ4v) is 3.72. The molecule has 0 saturated heterocycles. The second-order valence-corrected chi connectivity index (χ2v) is 7.34. The van der Waals surface area contributed by atoms with Crippen molar-refractivity contribution >= 4 is 35.0 Å². The first kappa shape index (κ1) is 20.8. The number of ether oxygens (including phenoxy) is 1. The zero-order valence-corrected chi connectivity index (χ0v) is 17.0. The van der Waals surface area contributed by atoms with E-state index in [-0.39, 0.29) is 11.9 Å². The summed E-state index contributed by atoms with van der Waals surface area (Å²) in [5, 5.41) is 2.54. The number of amides is 1. The highest BCUT2D eigenvalue weighted by molar-refractivity contribution is 8.00. The molecule has 2 rings (SSSR count). The van der Waals surface area contributed by atoms with Gasteiger partial charge in [0.1, 0.15) is 5.25 Å². The number of methoxy groups -OCH3 is 1. The summed E-state index contributed by atoms with van der Waals surface area (Å²) >= 11 is 1.31. The molecule has 0 spiro atoms. The van der Waals surface area contributed by atoms with E-state index in [2.05, 4.69) is 24.1 Å². The maximum absolute atomic E-state index is 12.7. The third-order valence-electron chi connectivity index (χ3n) is 4.22. The monoisotopic (exact) mass is 386 g/mol. The van der Waals surface area contributed by atoms with Gasteiger partial charge >= 0.3 is 5.97 Å². The maximum Gasteiger partial charge on any atom is 0.318 e. The standard InChI is InChI=1S/C21H26N2O3S/c1-5-23(6-2)17-13-11-16(12-14-17)22-20(24)18-9-7-8-10-19(18)27-15(3)21(25)26-4/h7-15H,5-6H2,1-4H3,(H,22,24). The number of hydrogen-bond donors (Lipinski definition) is 1. The van der Waals surface area contributed by atoms with Gasteiger partial charge in [-0.2, -0.15) is 0 Å². The van der Waals surface area contributed by atoms with Gasteiger partial charge in [-0.1, -0.05) is 12.1 Å². The number of anilines is 2. The quantitative estimate of drug-likeness (QED) is 0.537. The summed E-state index contributed by atoms with van der Waals surface area (Å²) in [6.45, 7) is 7.86. The van der Waals surface area contributed by atoms with Crippen molar-refractivity contribution in [3.05, 3.63) is 54.1 Å². The van der Waals surface area contributed by atoms with Crippen LogP contribution >= 0.6 is 11.8 Å². The zero-order valence-electron chi connectivity index (χ0n) is 16.2. The fourth-order valence-electron chi connectivity index (χ4n) is 2.70. The third-order valence-corrected chi connectivity index (χ3v) is 5.38. The second kappa shape index (κ2) is 10.0. The van der Waals surface area contributed by atoms with Crippen molar-refractivity contribution in [3.63, 3.8) is 0 Å². The number of rotatable bonds is 8. The molecule has 5 nitrogen and oxygen atoms in total. The van der Waals surface area contributed by atoms with Crippen molar-refractivity contribution in [1.29, 1.82) is 0 Å². The van der Waals surface area contributed by atoms with Gasteiger partial charge in [-0.15, -0.1) is 11.8 Å². The first-order valence-electron chi connectivity index (χ1n) is 9.00. The van der Waals surface area contributed by atoms with Crippen LogP contribution in [0.3, 0.4) is 0 Å². The number of carbonyl (C=O) groups is 2. The van der Waals surface area contributed by atoms with E-state index in [1.807, 2.05) is 42.5 Å². The molecule has 0 aliphatic carbocycles. The maximum atomic E-state index is 12.7. The van der Waals surface area contributed by atoms with Crippen LogP contribution in [0.25, 0.3) is 0 Å². The van der Waals surface area contributed by atoms with E-state index < -0.39 is 5.25 Å². The molecule has 0 aliphatic rings. The number of hydrogen-bond acceptors (Lipinski definition) is 5. The minimum absolute atomic E-state index is 0.203. The van der Waals surface area contributed by atoms with E-state index in [1.54, 1.807) is 13.0 Å². The van der Waals surface area contributed by atoms with Crippen LogP contribution in [0.5, 0.6) is 0 Å². The van der Waals surface area contributed by atoms with Crippen LogP contribution in [0.4, 0.5) is 11.4 Å². The largest absolute Gasteiger partial charge is 0.468 e. The van der Waals surface area contributed by atoms with Gasteiger partial charge in [0.05, 0.1) is 12.7 Å². The lowest BCUT2D eigenvalue weighted by Gasteiger charge is -2.21. The lowest BCUT2D eigenvalue weighted by Crippen LogP contribution is -2.21. The average molecular weight is 387 g/mol. The Morgan fingerprint density at radius 2 is 1.70 bits per heavy atom. The summed E-state index contributed by atoms with van der Waals surface area (Å²) in [5.41, 5.74) is 2.39. The predicted octanol–water partition coefficient (Wildman–Crippen LogP) is 4.44. The molecule has 0 radical (unpaired) electrons. The molecule has 0 bridgehead atoms. The van der Waals surface area contributed by atoms with Gasteiger partial charge < -0.3 is 15.0 Å². The Bertz CT molecular complexity index is 773. The lowest BCUT2D eigenvalue weighted by molar-refractivity contribution is -0.139. The molecule has 27 heavy (non-hydrogen) atoms. The number of benzene rings is 2. The number of esters is 1. The first-order chi connectivity index (χ1) is 13.0. The van der Waals surface area contributed by atoms with Crippen molar-refractivity contribution in [2.75, 3.05) is 30.4 Å². The van der Waals surface area contributed by atoms with Gasteiger partial charge in [-0.3, -0.25) is 9.59 Å². The second-order valence-electron chi connectivity index (χ2n) is 5.95. The first-order valence-corrected chi connectivity index (χ1v) is 9.88. The van der Waals surface area contributed by atoms with Crippen LogP contribution in [0.1, 0.15) is 31.1 Å². The van der Waals surface area contributed by atoms with Crippen molar-refractivity contribution < 1.29 is 14.3 Å². The van der Waals surface area contributed by atoms with E-state index in [9.17, 15) is 9.59 Å².